The van der Waals surface area contributed by atoms with Gasteiger partial charge in [0, 0.05) is 6.20 Å². The Kier molecular flexibility index (Phi) is 2.72. The summed E-state index contributed by atoms with van der Waals surface area (Å²) in [4.78, 5) is 3.48. The number of aliphatic hydroxyl groups is 1. The standard InChI is InChI=1S/C8H5F3N2O/c9-8(10,11)7(14)5-1-2-13-6(3-5)4-12/h1-3,7,14H. The van der Waals surface area contributed by atoms with E-state index in [1.54, 1.807) is 6.07 Å². The van der Waals surface area contributed by atoms with Crippen LogP contribution in [0.2, 0.25) is 0 Å². The maximum Gasteiger partial charge on any atom is 0.418 e. The van der Waals surface area contributed by atoms with Gasteiger partial charge in [0.1, 0.15) is 11.8 Å². The van der Waals surface area contributed by atoms with E-state index < -0.39 is 12.3 Å². The number of hydrogen-bond acceptors (Lipinski definition) is 3. The molecule has 74 valence electrons. The number of nitriles is 1. The number of aromatic nitrogens is 1. The highest BCUT2D eigenvalue weighted by molar-refractivity contribution is 5.27. The number of halogens is 3. The van der Waals surface area contributed by atoms with Crippen molar-refractivity contribution in [3.8, 4) is 6.07 Å². The van der Waals surface area contributed by atoms with Crippen molar-refractivity contribution in [3.63, 3.8) is 0 Å². The summed E-state index contributed by atoms with van der Waals surface area (Å²) in [7, 11) is 0. The summed E-state index contributed by atoms with van der Waals surface area (Å²) in [6.45, 7) is 0. The molecule has 14 heavy (non-hydrogen) atoms. The van der Waals surface area contributed by atoms with Crippen LogP contribution in [0.4, 0.5) is 13.2 Å². The van der Waals surface area contributed by atoms with Gasteiger partial charge in [-0.3, -0.25) is 0 Å². The van der Waals surface area contributed by atoms with Crippen LogP contribution in [0.3, 0.4) is 0 Å². The van der Waals surface area contributed by atoms with E-state index in [0.29, 0.717) is 0 Å². The second kappa shape index (κ2) is 3.64. The summed E-state index contributed by atoms with van der Waals surface area (Å²) in [6, 6.07) is 3.50. The molecule has 1 aromatic rings. The molecule has 1 N–H and O–H groups in total. The van der Waals surface area contributed by atoms with Crippen LogP contribution in [0.5, 0.6) is 0 Å². The summed E-state index contributed by atoms with van der Waals surface area (Å²) in [5.41, 5.74) is -0.546. The summed E-state index contributed by atoms with van der Waals surface area (Å²) < 4.78 is 36.1. The monoisotopic (exact) mass is 202 g/mol. The summed E-state index contributed by atoms with van der Waals surface area (Å²) >= 11 is 0. The largest absolute Gasteiger partial charge is 0.418 e. The SMILES string of the molecule is N#Cc1cc(C(O)C(F)(F)F)ccn1. The third-order valence-corrected chi connectivity index (χ3v) is 1.52. The van der Waals surface area contributed by atoms with Crippen LogP contribution in [0.1, 0.15) is 17.4 Å². The number of alkyl halides is 3. The number of aliphatic hydroxyl groups excluding tert-OH is 1. The highest BCUT2D eigenvalue weighted by Gasteiger charge is 2.39. The minimum atomic E-state index is -4.73. The highest BCUT2D eigenvalue weighted by atomic mass is 19.4. The fourth-order valence-electron chi connectivity index (χ4n) is 0.867. The third kappa shape index (κ3) is 2.20. The lowest BCUT2D eigenvalue weighted by atomic mass is 10.1. The van der Waals surface area contributed by atoms with Crippen LogP contribution in [0, 0.1) is 11.3 Å². The zero-order valence-corrected chi connectivity index (χ0v) is 6.78. The molecule has 1 unspecified atom stereocenters. The summed E-state index contributed by atoms with van der Waals surface area (Å²) in [5, 5.41) is 17.2. The number of hydrogen-bond donors (Lipinski definition) is 1. The maximum atomic E-state index is 12.0. The van der Waals surface area contributed by atoms with Gasteiger partial charge >= 0.3 is 6.18 Å². The van der Waals surface area contributed by atoms with Crippen molar-refractivity contribution in [2.24, 2.45) is 0 Å². The Labute approximate surface area is 77.4 Å². The minimum absolute atomic E-state index is 0.161. The second-order valence-corrected chi connectivity index (χ2v) is 2.53. The molecule has 1 rings (SSSR count). The highest BCUT2D eigenvalue weighted by Crippen LogP contribution is 2.32. The Morgan fingerprint density at radius 2 is 2.14 bits per heavy atom. The number of nitrogens with zero attached hydrogens (tertiary/aromatic N) is 2. The molecule has 0 fully saturated rings. The zero-order valence-electron chi connectivity index (χ0n) is 6.78. The van der Waals surface area contributed by atoms with Gasteiger partial charge in [0.2, 0.25) is 0 Å². The molecule has 0 saturated carbocycles. The van der Waals surface area contributed by atoms with Crippen LogP contribution in [0.25, 0.3) is 0 Å². The van der Waals surface area contributed by atoms with Crippen molar-refractivity contribution in [2.45, 2.75) is 12.3 Å². The molecule has 0 aliphatic rings. The lowest BCUT2D eigenvalue weighted by molar-refractivity contribution is -0.206. The van der Waals surface area contributed by atoms with Crippen LogP contribution < -0.4 is 0 Å². The molecule has 0 aliphatic carbocycles. The molecule has 3 nitrogen and oxygen atoms in total. The average Bonchev–Trinajstić information content (AvgIpc) is 2.15. The second-order valence-electron chi connectivity index (χ2n) is 2.53. The van der Waals surface area contributed by atoms with Gasteiger partial charge < -0.3 is 5.11 Å². The molecular formula is C8H5F3N2O. The first-order chi connectivity index (χ1) is 6.45. The first kappa shape index (κ1) is 10.5. The fourth-order valence-corrected chi connectivity index (χ4v) is 0.867. The van der Waals surface area contributed by atoms with E-state index in [0.717, 1.165) is 18.3 Å². The van der Waals surface area contributed by atoms with Gasteiger partial charge in [-0.15, -0.1) is 0 Å². The Morgan fingerprint density at radius 3 is 2.64 bits per heavy atom. The van der Waals surface area contributed by atoms with Crippen molar-refractivity contribution in [2.75, 3.05) is 0 Å². The molecule has 0 radical (unpaired) electrons. The van der Waals surface area contributed by atoms with E-state index in [9.17, 15) is 13.2 Å². The van der Waals surface area contributed by atoms with Crippen molar-refractivity contribution in [1.82, 2.24) is 4.98 Å². The summed E-state index contributed by atoms with van der Waals surface area (Å²) in [5.74, 6) is 0. The Bertz CT molecular complexity index is 370. The smallest absolute Gasteiger partial charge is 0.379 e. The van der Waals surface area contributed by atoms with Crippen molar-refractivity contribution in [1.29, 1.82) is 5.26 Å². The van der Waals surface area contributed by atoms with Gasteiger partial charge in [0.05, 0.1) is 0 Å². The fraction of sp³-hybridized carbons (Fsp3) is 0.250. The minimum Gasteiger partial charge on any atom is -0.379 e. The Morgan fingerprint density at radius 1 is 1.50 bits per heavy atom. The molecule has 0 aliphatic heterocycles. The molecule has 6 heteroatoms. The molecule has 0 spiro atoms. The predicted molar refractivity (Wildman–Crippen MR) is 40.0 cm³/mol. The van der Waals surface area contributed by atoms with E-state index in [4.69, 9.17) is 10.4 Å². The molecule has 1 aromatic heterocycles. The van der Waals surface area contributed by atoms with E-state index in [2.05, 4.69) is 4.98 Å². The number of pyridine rings is 1. The maximum absolute atomic E-state index is 12.0. The third-order valence-electron chi connectivity index (χ3n) is 1.52. The number of rotatable bonds is 1. The van der Waals surface area contributed by atoms with Crippen LogP contribution >= 0.6 is 0 Å². The zero-order chi connectivity index (χ0) is 10.8. The predicted octanol–water partition coefficient (Wildman–Crippen LogP) is 1.55. The van der Waals surface area contributed by atoms with Crippen molar-refractivity contribution >= 4 is 0 Å². The molecule has 0 bridgehead atoms. The van der Waals surface area contributed by atoms with Gasteiger partial charge in [-0.05, 0) is 17.7 Å². The van der Waals surface area contributed by atoms with E-state index >= 15 is 0 Å². The normalized spacial score (nSPS) is 13.4. The van der Waals surface area contributed by atoms with Crippen LogP contribution in [0.15, 0.2) is 18.3 Å². The average molecular weight is 202 g/mol. The van der Waals surface area contributed by atoms with Crippen molar-refractivity contribution < 1.29 is 18.3 Å². The Hall–Kier alpha value is -1.61. The first-order valence-corrected chi connectivity index (χ1v) is 3.56. The summed E-state index contributed by atoms with van der Waals surface area (Å²) in [6.07, 6.45) is -6.26. The van der Waals surface area contributed by atoms with Gasteiger partial charge in [-0.1, -0.05) is 0 Å². The lowest BCUT2D eigenvalue weighted by Gasteiger charge is -2.14. The van der Waals surface area contributed by atoms with E-state index in [-0.39, 0.29) is 11.3 Å². The molecule has 0 amide bonds. The van der Waals surface area contributed by atoms with Gasteiger partial charge in [0.25, 0.3) is 0 Å². The molecule has 1 heterocycles. The molecular weight excluding hydrogens is 197 g/mol. The molecule has 1 atom stereocenters. The topological polar surface area (TPSA) is 56.9 Å². The van der Waals surface area contributed by atoms with Gasteiger partial charge in [-0.2, -0.15) is 18.4 Å². The van der Waals surface area contributed by atoms with Crippen LogP contribution in [-0.4, -0.2) is 16.3 Å². The molecule has 0 saturated heterocycles. The lowest BCUT2D eigenvalue weighted by Crippen LogP contribution is -2.20. The molecule has 0 aromatic carbocycles. The van der Waals surface area contributed by atoms with Gasteiger partial charge in [0.15, 0.2) is 6.10 Å². The van der Waals surface area contributed by atoms with E-state index in [1.165, 1.54) is 0 Å². The quantitative estimate of drug-likeness (QED) is 0.751. The van der Waals surface area contributed by atoms with Crippen LogP contribution in [-0.2, 0) is 0 Å². The first-order valence-electron chi connectivity index (χ1n) is 3.56. The van der Waals surface area contributed by atoms with E-state index in [1.807, 2.05) is 0 Å². The Balaban J connectivity index is 3.03. The van der Waals surface area contributed by atoms with Gasteiger partial charge in [-0.25, -0.2) is 4.98 Å². The van der Waals surface area contributed by atoms with Crippen molar-refractivity contribution in [3.05, 3.63) is 29.6 Å².